The number of nitrogens with zero attached hydrogens (tertiary/aromatic N) is 2. The maximum Gasteiger partial charge on any atom is 0.191 e. The number of hydrogen-bond acceptors (Lipinski definition) is 3. The number of aryl methyl sites for hydroxylation is 1. The van der Waals surface area contributed by atoms with Crippen molar-refractivity contribution in [2.45, 2.75) is 44.8 Å². The van der Waals surface area contributed by atoms with Crippen molar-refractivity contribution in [3.8, 4) is 0 Å². The van der Waals surface area contributed by atoms with E-state index in [9.17, 15) is 0 Å². The molecule has 2 N–H and O–H groups in total. The van der Waals surface area contributed by atoms with Crippen molar-refractivity contribution in [1.82, 2.24) is 10.6 Å². The van der Waals surface area contributed by atoms with Gasteiger partial charge in [0.15, 0.2) is 5.96 Å². The molecule has 6 heteroatoms. The quantitative estimate of drug-likeness (QED) is 0.317. The molecule has 0 aliphatic carbocycles. The fraction of sp³-hybridized carbons (Fsp3) is 0.500. The number of aliphatic imine (C=N–C) groups is 1. The molecular formula is C26H37IN4O. The Balaban J connectivity index is 0.00000289. The van der Waals surface area contributed by atoms with Crippen LogP contribution in [0.4, 0.5) is 5.69 Å². The summed E-state index contributed by atoms with van der Waals surface area (Å²) < 4.78 is 6.18. The number of anilines is 1. The minimum atomic E-state index is 0. The first kappa shape index (κ1) is 24.8. The van der Waals surface area contributed by atoms with E-state index >= 15 is 0 Å². The van der Waals surface area contributed by atoms with Crippen molar-refractivity contribution in [3.05, 3.63) is 65.7 Å². The van der Waals surface area contributed by atoms with Crippen LogP contribution in [0.3, 0.4) is 0 Å². The zero-order valence-electron chi connectivity index (χ0n) is 19.3. The van der Waals surface area contributed by atoms with Gasteiger partial charge in [0.25, 0.3) is 0 Å². The van der Waals surface area contributed by atoms with Crippen molar-refractivity contribution in [2.24, 2.45) is 10.9 Å². The lowest BCUT2D eigenvalue weighted by molar-refractivity contribution is -0.0265. The first-order chi connectivity index (χ1) is 15.2. The Bertz CT molecular complexity index is 835. The fourth-order valence-corrected chi connectivity index (χ4v) is 4.71. The summed E-state index contributed by atoms with van der Waals surface area (Å²) in [6.45, 7) is 6.00. The Kier molecular flexibility index (Phi) is 9.66. The number of nitrogens with one attached hydrogen (secondary N) is 2. The number of halogens is 1. The van der Waals surface area contributed by atoms with Crippen LogP contribution in [0.5, 0.6) is 0 Å². The molecule has 0 radical (unpaired) electrons. The van der Waals surface area contributed by atoms with E-state index in [0.29, 0.717) is 12.0 Å². The molecule has 4 rings (SSSR count). The molecular weight excluding hydrogens is 511 g/mol. The molecule has 2 aliphatic heterocycles. The van der Waals surface area contributed by atoms with Gasteiger partial charge in [-0.2, -0.15) is 0 Å². The van der Waals surface area contributed by atoms with E-state index in [1.54, 1.807) is 0 Å². The Morgan fingerprint density at radius 1 is 1.03 bits per heavy atom. The molecule has 2 aliphatic rings. The summed E-state index contributed by atoms with van der Waals surface area (Å²) in [4.78, 5) is 6.97. The van der Waals surface area contributed by atoms with Crippen LogP contribution in [0.1, 0.15) is 42.9 Å². The minimum absolute atomic E-state index is 0. The van der Waals surface area contributed by atoms with E-state index in [2.05, 4.69) is 82.0 Å². The highest BCUT2D eigenvalue weighted by Gasteiger charge is 2.28. The molecule has 2 heterocycles. The summed E-state index contributed by atoms with van der Waals surface area (Å²) in [5, 5.41) is 7.24. The zero-order valence-corrected chi connectivity index (χ0v) is 21.6. The molecule has 2 aromatic carbocycles. The van der Waals surface area contributed by atoms with Gasteiger partial charge >= 0.3 is 0 Å². The third-order valence-corrected chi connectivity index (χ3v) is 6.56. The highest BCUT2D eigenvalue weighted by molar-refractivity contribution is 14.0. The second kappa shape index (κ2) is 12.4. The number of para-hydroxylation sites is 1. The van der Waals surface area contributed by atoms with Crippen molar-refractivity contribution in [3.63, 3.8) is 0 Å². The molecule has 0 spiro atoms. The molecule has 174 valence electrons. The first-order valence-electron chi connectivity index (χ1n) is 11.7. The lowest BCUT2D eigenvalue weighted by Crippen LogP contribution is -2.50. The van der Waals surface area contributed by atoms with Crippen molar-refractivity contribution >= 4 is 35.6 Å². The van der Waals surface area contributed by atoms with Gasteiger partial charge in [-0.25, -0.2) is 0 Å². The summed E-state index contributed by atoms with van der Waals surface area (Å²) >= 11 is 0. The number of rotatable bonds is 5. The molecule has 2 fully saturated rings. The van der Waals surface area contributed by atoms with Crippen LogP contribution in [-0.2, 0) is 4.74 Å². The summed E-state index contributed by atoms with van der Waals surface area (Å²) in [6.07, 6.45) is 4.70. The third-order valence-electron chi connectivity index (χ3n) is 6.56. The lowest BCUT2D eigenvalue weighted by atomic mass is 9.89. The average Bonchev–Trinajstić information content (AvgIpc) is 2.83. The summed E-state index contributed by atoms with van der Waals surface area (Å²) in [7, 11) is 1.86. The Hall–Kier alpha value is -1.80. The van der Waals surface area contributed by atoms with Crippen molar-refractivity contribution in [2.75, 3.05) is 38.2 Å². The van der Waals surface area contributed by atoms with E-state index < -0.39 is 0 Å². The predicted molar refractivity (Wildman–Crippen MR) is 144 cm³/mol. The molecule has 5 nitrogen and oxygen atoms in total. The standard InChI is InChI=1S/C26H36N4O.HI/c1-20-10-12-21(13-11-20)25-22(7-6-18-31-25)19-28-26(27-2)29-23-14-16-30(17-15-23)24-8-4-3-5-9-24;/h3-5,8-13,22-23,25H,6-7,14-19H2,1-2H3,(H2,27,28,29);1H. The molecule has 2 atom stereocenters. The summed E-state index contributed by atoms with van der Waals surface area (Å²) in [5.41, 5.74) is 3.90. The molecule has 0 saturated carbocycles. The number of benzene rings is 2. The number of piperidine rings is 1. The number of hydrogen-bond donors (Lipinski definition) is 2. The second-order valence-electron chi connectivity index (χ2n) is 8.80. The monoisotopic (exact) mass is 548 g/mol. The van der Waals surface area contributed by atoms with Crippen LogP contribution in [0.25, 0.3) is 0 Å². The fourth-order valence-electron chi connectivity index (χ4n) is 4.71. The minimum Gasteiger partial charge on any atom is -0.373 e. The molecule has 0 amide bonds. The average molecular weight is 549 g/mol. The van der Waals surface area contributed by atoms with Crippen LogP contribution in [0, 0.1) is 12.8 Å². The predicted octanol–water partition coefficient (Wildman–Crippen LogP) is 4.91. The van der Waals surface area contributed by atoms with Gasteiger partial charge in [-0.05, 0) is 50.3 Å². The van der Waals surface area contributed by atoms with E-state index in [1.807, 2.05) is 7.05 Å². The van der Waals surface area contributed by atoms with Crippen LogP contribution >= 0.6 is 24.0 Å². The Morgan fingerprint density at radius 3 is 2.44 bits per heavy atom. The van der Waals surface area contributed by atoms with Gasteiger partial charge in [0.1, 0.15) is 0 Å². The molecule has 0 bridgehead atoms. The summed E-state index contributed by atoms with van der Waals surface area (Å²) in [5.74, 6) is 1.36. The number of guanidine groups is 1. The van der Waals surface area contributed by atoms with Gasteiger partial charge < -0.3 is 20.3 Å². The maximum atomic E-state index is 6.18. The van der Waals surface area contributed by atoms with Gasteiger partial charge in [0, 0.05) is 50.9 Å². The molecule has 2 unspecified atom stereocenters. The first-order valence-corrected chi connectivity index (χ1v) is 11.7. The molecule has 32 heavy (non-hydrogen) atoms. The van der Waals surface area contributed by atoms with Gasteiger partial charge in [-0.3, -0.25) is 4.99 Å². The van der Waals surface area contributed by atoms with Crippen LogP contribution in [-0.4, -0.2) is 45.3 Å². The largest absolute Gasteiger partial charge is 0.373 e. The normalized spacial score (nSPS) is 22.2. The third kappa shape index (κ3) is 6.61. The zero-order chi connectivity index (χ0) is 21.5. The molecule has 2 saturated heterocycles. The van der Waals surface area contributed by atoms with Gasteiger partial charge in [-0.15, -0.1) is 24.0 Å². The molecule has 0 aromatic heterocycles. The van der Waals surface area contributed by atoms with Gasteiger partial charge in [-0.1, -0.05) is 48.0 Å². The number of ether oxygens (including phenoxy) is 1. The smallest absolute Gasteiger partial charge is 0.191 e. The highest BCUT2D eigenvalue weighted by Crippen LogP contribution is 2.33. The summed E-state index contributed by atoms with van der Waals surface area (Å²) in [6, 6.07) is 20.0. The topological polar surface area (TPSA) is 48.9 Å². The van der Waals surface area contributed by atoms with Gasteiger partial charge in [0.05, 0.1) is 6.10 Å². The van der Waals surface area contributed by atoms with E-state index in [1.165, 1.54) is 23.2 Å². The SMILES string of the molecule is CN=C(NCC1CCCOC1c1ccc(C)cc1)NC1CCN(c2ccccc2)CC1.I. The van der Waals surface area contributed by atoms with E-state index in [0.717, 1.165) is 51.5 Å². The Labute approximate surface area is 210 Å². The lowest BCUT2D eigenvalue weighted by Gasteiger charge is -2.35. The van der Waals surface area contributed by atoms with Crippen LogP contribution < -0.4 is 15.5 Å². The molecule has 2 aromatic rings. The van der Waals surface area contributed by atoms with Gasteiger partial charge in [0.2, 0.25) is 0 Å². The van der Waals surface area contributed by atoms with E-state index in [4.69, 9.17) is 4.74 Å². The second-order valence-corrected chi connectivity index (χ2v) is 8.80. The van der Waals surface area contributed by atoms with Crippen molar-refractivity contribution in [1.29, 1.82) is 0 Å². The highest BCUT2D eigenvalue weighted by atomic mass is 127. The van der Waals surface area contributed by atoms with Crippen molar-refractivity contribution < 1.29 is 4.74 Å². The van der Waals surface area contributed by atoms with Crippen LogP contribution in [0.15, 0.2) is 59.6 Å². The van der Waals surface area contributed by atoms with E-state index in [-0.39, 0.29) is 30.1 Å². The Morgan fingerprint density at radius 2 is 1.75 bits per heavy atom. The maximum absolute atomic E-state index is 6.18. The van der Waals surface area contributed by atoms with Crippen LogP contribution in [0.2, 0.25) is 0 Å².